The van der Waals surface area contributed by atoms with Gasteiger partial charge in [0.05, 0.1) is 13.2 Å². The monoisotopic (exact) mass is 283 g/mol. The zero-order valence-corrected chi connectivity index (χ0v) is 13.0. The van der Waals surface area contributed by atoms with Gasteiger partial charge in [-0.3, -0.25) is 0 Å². The second-order valence-corrected chi connectivity index (χ2v) is 6.12. The highest BCUT2D eigenvalue weighted by molar-refractivity contribution is 5.29. The average Bonchev–Trinajstić information content (AvgIpc) is 2.32. The summed E-state index contributed by atoms with van der Waals surface area (Å²) in [7, 11) is 1.66. The second-order valence-electron chi connectivity index (χ2n) is 6.12. The van der Waals surface area contributed by atoms with Crippen LogP contribution in [0.25, 0.3) is 0 Å². The molecule has 1 aromatic rings. The third-order valence-electron chi connectivity index (χ3n) is 2.86. The number of halogens is 1. The molecule has 0 amide bonds. The summed E-state index contributed by atoms with van der Waals surface area (Å²) in [5, 5.41) is 3.19. The van der Waals surface area contributed by atoms with Gasteiger partial charge < -0.3 is 14.8 Å². The number of nitrogens with one attached hydrogen (secondary N) is 1. The van der Waals surface area contributed by atoms with Crippen molar-refractivity contribution in [3.63, 3.8) is 0 Å². The molecule has 0 aliphatic rings. The zero-order valence-electron chi connectivity index (χ0n) is 13.0. The molecule has 0 saturated carbocycles. The van der Waals surface area contributed by atoms with Crippen molar-refractivity contribution in [1.29, 1.82) is 0 Å². The minimum absolute atomic E-state index is 0.220. The Morgan fingerprint density at radius 3 is 2.55 bits per heavy atom. The molecular weight excluding hydrogens is 257 g/mol. The van der Waals surface area contributed by atoms with Crippen LogP contribution < -0.4 is 10.1 Å². The molecule has 4 heteroatoms. The summed E-state index contributed by atoms with van der Waals surface area (Å²) < 4.78 is 24.1. The Labute approximate surface area is 121 Å². The fraction of sp³-hybridized carbons (Fsp3) is 0.625. The molecule has 0 saturated heterocycles. The highest BCUT2D eigenvalue weighted by atomic mass is 19.1. The quantitative estimate of drug-likeness (QED) is 0.742. The summed E-state index contributed by atoms with van der Waals surface area (Å²) in [6.07, 6.45) is 0.935. The summed E-state index contributed by atoms with van der Waals surface area (Å²) in [6.45, 7) is 9.07. The third-order valence-corrected chi connectivity index (χ3v) is 2.86. The standard InChI is InChI=1S/C16H26FNO2/c1-16(2,3)5-7-20-15-10-13(9-14(17)11-15)12-18-6-8-19-4/h9-11,18H,5-8,12H2,1-4H3. The first-order valence-electron chi connectivity index (χ1n) is 7.02. The van der Waals surface area contributed by atoms with Gasteiger partial charge >= 0.3 is 0 Å². The SMILES string of the molecule is COCCNCc1cc(F)cc(OCCC(C)(C)C)c1. The summed E-state index contributed by atoms with van der Waals surface area (Å²) in [5.74, 6) is 0.333. The Morgan fingerprint density at radius 1 is 1.15 bits per heavy atom. The Morgan fingerprint density at radius 2 is 1.90 bits per heavy atom. The van der Waals surface area contributed by atoms with E-state index >= 15 is 0 Å². The van der Waals surface area contributed by atoms with Crippen LogP contribution in [0, 0.1) is 11.2 Å². The maximum absolute atomic E-state index is 13.5. The number of ether oxygens (including phenoxy) is 2. The minimum atomic E-state index is -0.262. The van der Waals surface area contributed by atoms with Crippen molar-refractivity contribution in [3.8, 4) is 5.75 Å². The van der Waals surface area contributed by atoms with E-state index in [1.165, 1.54) is 12.1 Å². The molecule has 0 heterocycles. The first kappa shape index (κ1) is 16.9. The van der Waals surface area contributed by atoms with Crippen molar-refractivity contribution in [2.24, 2.45) is 5.41 Å². The molecule has 0 unspecified atom stereocenters. The summed E-state index contributed by atoms with van der Waals surface area (Å²) in [4.78, 5) is 0. The van der Waals surface area contributed by atoms with E-state index in [9.17, 15) is 4.39 Å². The molecule has 0 radical (unpaired) electrons. The van der Waals surface area contributed by atoms with Crippen molar-refractivity contribution in [1.82, 2.24) is 5.32 Å². The lowest BCUT2D eigenvalue weighted by atomic mass is 9.93. The number of hydrogen-bond acceptors (Lipinski definition) is 3. The number of hydrogen-bond donors (Lipinski definition) is 1. The van der Waals surface area contributed by atoms with Gasteiger partial charge in [-0.1, -0.05) is 20.8 Å². The van der Waals surface area contributed by atoms with E-state index in [2.05, 4.69) is 26.1 Å². The van der Waals surface area contributed by atoms with Crippen molar-refractivity contribution in [2.75, 3.05) is 26.9 Å². The molecule has 0 aromatic heterocycles. The number of benzene rings is 1. The van der Waals surface area contributed by atoms with E-state index < -0.39 is 0 Å². The molecule has 3 nitrogen and oxygen atoms in total. The van der Waals surface area contributed by atoms with E-state index in [0.29, 0.717) is 25.5 Å². The molecular formula is C16H26FNO2. The van der Waals surface area contributed by atoms with Gasteiger partial charge in [-0.25, -0.2) is 4.39 Å². The lowest BCUT2D eigenvalue weighted by Crippen LogP contribution is -2.18. The summed E-state index contributed by atoms with van der Waals surface area (Å²) >= 11 is 0. The maximum Gasteiger partial charge on any atom is 0.127 e. The lowest BCUT2D eigenvalue weighted by molar-refractivity contribution is 0.199. The van der Waals surface area contributed by atoms with Gasteiger partial charge in [-0.05, 0) is 29.5 Å². The van der Waals surface area contributed by atoms with Crippen LogP contribution in [0.15, 0.2) is 18.2 Å². The van der Waals surface area contributed by atoms with Gasteiger partial charge in [0.2, 0.25) is 0 Å². The van der Waals surface area contributed by atoms with Crippen molar-refractivity contribution in [3.05, 3.63) is 29.6 Å². The van der Waals surface area contributed by atoms with Crippen LogP contribution in [0.2, 0.25) is 0 Å². The van der Waals surface area contributed by atoms with E-state index in [-0.39, 0.29) is 11.2 Å². The predicted octanol–water partition coefficient (Wildman–Crippen LogP) is 3.38. The lowest BCUT2D eigenvalue weighted by Gasteiger charge is -2.18. The summed E-state index contributed by atoms with van der Waals surface area (Å²) in [6, 6.07) is 4.84. The van der Waals surface area contributed by atoms with E-state index in [4.69, 9.17) is 9.47 Å². The van der Waals surface area contributed by atoms with Crippen molar-refractivity contribution >= 4 is 0 Å². The molecule has 1 N–H and O–H groups in total. The predicted molar refractivity (Wildman–Crippen MR) is 79.5 cm³/mol. The Hall–Kier alpha value is -1.13. The highest BCUT2D eigenvalue weighted by Gasteiger charge is 2.10. The van der Waals surface area contributed by atoms with Crippen LogP contribution in [0.1, 0.15) is 32.8 Å². The Bertz CT molecular complexity index is 402. The molecule has 0 fully saturated rings. The minimum Gasteiger partial charge on any atom is -0.493 e. The van der Waals surface area contributed by atoms with E-state index in [0.717, 1.165) is 18.5 Å². The van der Waals surface area contributed by atoms with Gasteiger partial charge in [0.15, 0.2) is 0 Å². The van der Waals surface area contributed by atoms with Crippen LogP contribution in [0.5, 0.6) is 5.75 Å². The van der Waals surface area contributed by atoms with Crippen LogP contribution in [-0.4, -0.2) is 26.9 Å². The molecule has 20 heavy (non-hydrogen) atoms. The number of rotatable bonds is 8. The van der Waals surface area contributed by atoms with Crippen LogP contribution in [0.4, 0.5) is 4.39 Å². The van der Waals surface area contributed by atoms with E-state index in [1.807, 2.05) is 6.07 Å². The molecule has 0 bridgehead atoms. The molecule has 0 atom stereocenters. The largest absolute Gasteiger partial charge is 0.493 e. The van der Waals surface area contributed by atoms with Crippen LogP contribution >= 0.6 is 0 Å². The first-order valence-corrected chi connectivity index (χ1v) is 7.02. The van der Waals surface area contributed by atoms with Gasteiger partial charge in [-0.2, -0.15) is 0 Å². The molecule has 0 aliphatic heterocycles. The van der Waals surface area contributed by atoms with Gasteiger partial charge in [0.25, 0.3) is 0 Å². The normalized spacial score (nSPS) is 11.7. The number of methoxy groups -OCH3 is 1. The van der Waals surface area contributed by atoms with Crippen LogP contribution in [0.3, 0.4) is 0 Å². The summed E-state index contributed by atoms with van der Waals surface area (Å²) in [5.41, 5.74) is 1.10. The van der Waals surface area contributed by atoms with E-state index in [1.54, 1.807) is 7.11 Å². The van der Waals surface area contributed by atoms with Gasteiger partial charge in [-0.15, -0.1) is 0 Å². The first-order chi connectivity index (χ1) is 9.40. The molecule has 0 spiro atoms. The molecule has 114 valence electrons. The van der Waals surface area contributed by atoms with Crippen molar-refractivity contribution in [2.45, 2.75) is 33.7 Å². The van der Waals surface area contributed by atoms with Gasteiger partial charge in [0.1, 0.15) is 11.6 Å². The third kappa shape index (κ3) is 7.46. The average molecular weight is 283 g/mol. The zero-order chi connectivity index (χ0) is 15.0. The Balaban J connectivity index is 2.48. The smallest absolute Gasteiger partial charge is 0.127 e. The molecule has 1 aromatic carbocycles. The van der Waals surface area contributed by atoms with Crippen LogP contribution in [-0.2, 0) is 11.3 Å². The highest BCUT2D eigenvalue weighted by Crippen LogP contribution is 2.21. The maximum atomic E-state index is 13.5. The molecule has 0 aliphatic carbocycles. The van der Waals surface area contributed by atoms with Crippen molar-refractivity contribution < 1.29 is 13.9 Å². The topological polar surface area (TPSA) is 30.5 Å². The fourth-order valence-electron chi connectivity index (χ4n) is 1.69. The Kier molecular flexibility index (Phi) is 6.96. The fourth-order valence-corrected chi connectivity index (χ4v) is 1.69. The molecule has 1 rings (SSSR count). The van der Waals surface area contributed by atoms with Gasteiger partial charge in [0, 0.05) is 26.3 Å². The second kappa shape index (κ2) is 8.22.